The van der Waals surface area contributed by atoms with Gasteiger partial charge in [-0.05, 0) is 40.5 Å². The van der Waals surface area contributed by atoms with Crippen molar-refractivity contribution in [3.05, 3.63) is 0 Å². The lowest BCUT2D eigenvalue weighted by atomic mass is 10.1. The van der Waals surface area contributed by atoms with Gasteiger partial charge in [-0.3, -0.25) is 0 Å². The van der Waals surface area contributed by atoms with E-state index in [1.54, 1.807) is 14.0 Å². The van der Waals surface area contributed by atoms with Crippen LogP contribution in [-0.4, -0.2) is 55.8 Å². The Balaban J connectivity index is 3.80. The monoisotopic (exact) mass is 290 g/mol. The maximum Gasteiger partial charge on any atom is 0.407 e. The van der Waals surface area contributed by atoms with Crippen LogP contribution in [0.25, 0.3) is 0 Å². The summed E-state index contributed by atoms with van der Waals surface area (Å²) in [5, 5.41) is 15.2. The summed E-state index contributed by atoms with van der Waals surface area (Å²) >= 11 is 0. The number of carbonyl (C=O) groups is 1. The summed E-state index contributed by atoms with van der Waals surface area (Å²) in [5.74, 6) is 0. The Morgan fingerprint density at radius 3 is 2.50 bits per heavy atom. The summed E-state index contributed by atoms with van der Waals surface area (Å²) < 4.78 is 10.3. The van der Waals surface area contributed by atoms with Crippen LogP contribution in [0.1, 0.15) is 40.5 Å². The first-order chi connectivity index (χ1) is 9.24. The van der Waals surface area contributed by atoms with Gasteiger partial charge >= 0.3 is 6.09 Å². The van der Waals surface area contributed by atoms with Crippen LogP contribution >= 0.6 is 0 Å². The van der Waals surface area contributed by atoms with Crippen LogP contribution in [0.3, 0.4) is 0 Å². The van der Waals surface area contributed by atoms with Crippen molar-refractivity contribution < 1.29 is 19.4 Å². The number of amides is 1. The Bertz CT molecular complexity index is 264. The highest BCUT2D eigenvalue weighted by Gasteiger charge is 2.15. The predicted octanol–water partition coefficient (Wildman–Crippen LogP) is 1.28. The molecule has 0 aliphatic heterocycles. The molecule has 0 aliphatic carbocycles. The van der Waals surface area contributed by atoms with Gasteiger partial charge in [0.05, 0.1) is 12.7 Å². The number of nitrogens with one attached hydrogen (secondary N) is 2. The van der Waals surface area contributed by atoms with E-state index in [4.69, 9.17) is 9.47 Å². The van der Waals surface area contributed by atoms with Crippen molar-refractivity contribution in [1.29, 1.82) is 0 Å². The summed E-state index contributed by atoms with van der Waals surface area (Å²) in [6.07, 6.45) is 0.906. The molecule has 2 atom stereocenters. The molecule has 0 saturated heterocycles. The highest BCUT2D eigenvalue weighted by molar-refractivity contribution is 5.67. The van der Waals surface area contributed by atoms with E-state index in [1.165, 1.54) is 0 Å². The first-order valence-electron chi connectivity index (χ1n) is 7.12. The van der Waals surface area contributed by atoms with Gasteiger partial charge in [0.1, 0.15) is 5.60 Å². The summed E-state index contributed by atoms with van der Waals surface area (Å²) in [7, 11) is 1.65. The Labute approximate surface area is 122 Å². The number of hydrogen-bond donors (Lipinski definition) is 3. The second-order valence-corrected chi connectivity index (χ2v) is 5.98. The molecule has 0 radical (unpaired) electrons. The number of aliphatic hydroxyl groups excluding tert-OH is 1. The molecule has 0 heterocycles. The molecule has 120 valence electrons. The number of aliphatic hydroxyl groups is 1. The topological polar surface area (TPSA) is 79.8 Å². The minimum absolute atomic E-state index is 0.176. The molecule has 20 heavy (non-hydrogen) atoms. The van der Waals surface area contributed by atoms with E-state index in [2.05, 4.69) is 10.6 Å². The van der Waals surface area contributed by atoms with E-state index in [9.17, 15) is 9.90 Å². The van der Waals surface area contributed by atoms with E-state index < -0.39 is 11.7 Å². The second-order valence-electron chi connectivity index (χ2n) is 5.98. The van der Waals surface area contributed by atoms with Crippen LogP contribution < -0.4 is 10.6 Å². The molecule has 0 aromatic heterocycles. The molecule has 0 aromatic carbocycles. The van der Waals surface area contributed by atoms with Crippen molar-refractivity contribution in [1.82, 2.24) is 10.6 Å². The fourth-order valence-electron chi connectivity index (χ4n) is 1.64. The molecule has 0 bridgehead atoms. The van der Waals surface area contributed by atoms with Crippen LogP contribution in [0.4, 0.5) is 4.79 Å². The van der Waals surface area contributed by atoms with Crippen LogP contribution in [0, 0.1) is 0 Å². The zero-order valence-electron chi connectivity index (χ0n) is 13.4. The third-order valence-electron chi connectivity index (χ3n) is 2.47. The van der Waals surface area contributed by atoms with Gasteiger partial charge in [0, 0.05) is 26.2 Å². The minimum atomic E-state index is -0.471. The van der Waals surface area contributed by atoms with E-state index in [-0.39, 0.29) is 12.1 Å². The zero-order chi connectivity index (χ0) is 15.6. The molecule has 0 spiro atoms. The van der Waals surface area contributed by atoms with Crippen molar-refractivity contribution in [2.24, 2.45) is 0 Å². The van der Waals surface area contributed by atoms with Crippen LogP contribution in [0.2, 0.25) is 0 Å². The van der Waals surface area contributed by atoms with Crippen molar-refractivity contribution in [3.8, 4) is 0 Å². The molecule has 0 rings (SSSR count). The van der Waals surface area contributed by atoms with Crippen LogP contribution in [0.5, 0.6) is 0 Å². The fraction of sp³-hybridized carbons (Fsp3) is 0.929. The Kier molecular flexibility index (Phi) is 9.54. The lowest BCUT2D eigenvalue weighted by Gasteiger charge is -2.21. The number of hydrogen-bond acceptors (Lipinski definition) is 5. The number of methoxy groups -OCH3 is 1. The van der Waals surface area contributed by atoms with Gasteiger partial charge in [0.25, 0.3) is 0 Å². The molecule has 0 aliphatic rings. The fourth-order valence-corrected chi connectivity index (χ4v) is 1.64. The third kappa shape index (κ3) is 12.2. The number of alkyl carbamates (subject to hydrolysis) is 1. The summed E-state index contributed by atoms with van der Waals surface area (Å²) in [6.45, 7) is 8.92. The Morgan fingerprint density at radius 2 is 2.00 bits per heavy atom. The summed E-state index contributed by atoms with van der Waals surface area (Å²) in [5.41, 5.74) is -0.471. The summed E-state index contributed by atoms with van der Waals surface area (Å²) in [4.78, 5) is 11.4. The SMILES string of the molecule is COCC(CCCNC(=O)OC(C)(C)C)NCC(C)O. The Morgan fingerprint density at radius 1 is 1.35 bits per heavy atom. The van der Waals surface area contributed by atoms with E-state index in [0.29, 0.717) is 19.7 Å². The number of rotatable bonds is 9. The summed E-state index contributed by atoms with van der Waals surface area (Å²) in [6, 6.07) is 0.176. The molecule has 0 saturated carbocycles. The average Bonchev–Trinajstić information content (AvgIpc) is 2.28. The normalized spacial score (nSPS) is 14.7. The molecule has 6 nitrogen and oxygen atoms in total. The Hall–Kier alpha value is -0.850. The number of ether oxygens (including phenoxy) is 2. The van der Waals surface area contributed by atoms with Gasteiger partial charge in [-0.15, -0.1) is 0 Å². The predicted molar refractivity (Wildman–Crippen MR) is 78.8 cm³/mol. The quantitative estimate of drug-likeness (QED) is 0.557. The molecular formula is C14H30N2O4. The van der Waals surface area contributed by atoms with Crippen molar-refractivity contribution in [2.45, 2.75) is 58.3 Å². The molecular weight excluding hydrogens is 260 g/mol. The van der Waals surface area contributed by atoms with Gasteiger partial charge < -0.3 is 25.2 Å². The molecule has 2 unspecified atom stereocenters. The maximum absolute atomic E-state index is 11.4. The molecule has 0 fully saturated rings. The van der Waals surface area contributed by atoms with Gasteiger partial charge in [0.15, 0.2) is 0 Å². The van der Waals surface area contributed by atoms with Gasteiger partial charge in [-0.1, -0.05) is 0 Å². The largest absolute Gasteiger partial charge is 0.444 e. The smallest absolute Gasteiger partial charge is 0.407 e. The maximum atomic E-state index is 11.4. The molecule has 3 N–H and O–H groups in total. The lowest BCUT2D eigenvalue weighted by molar-refractivity contribution is 0.0526. The first kappa shape index (κ1) is 19.1. The molecule has 6 heteroatoms. The minimum Gasteiger partial charge on any atom is -0.444 e. The first-order valence-corrected chi connectivity index (χ1v) is 7.12. The van der Waals surface area contributed by atoms with Gasteiger partial charge in [-0.2, -0.15) is 0 Å². The van der Waals surface area contributed by atoms with Crippen molar-refractivity contribution in [2.75, 3.05) is 26.8 Å². The molecule has 0 aromatic rings. The van der Waals surface area contributed by atoms with E-state index in [0.717, 1.165) is 12.8 Å². The third-order valence-corrected chi connectivity index (χ3v) is 2.47. The highest BCUT2D eigenvalue weighted by atomic mass is 16.6. The van der Waals surface area contributed by atoms with E-state index >= 15 is 0 Å². The van der Waals surface area contributed by atoms with Crippen LogP contribution in [-0.2, 0) is 9.47 Å². The average molecular weight is 290 g/mol. The molecule has 1 amide bonds. The highest BCUT2D eigenvalue weighted by Crippen LogP contribution is 2.06. The van der Waals surface area contributed by atoms with E-state index in [1.807, 2.05) is 20.8 Å². The second kappa shape index (κ2) is 9.96. The van der Waals surface area contributed by atoms with Gasteiger partial charge in [-0.25, -0.2) is 4.79 Å². The van der Waals surface area contributed by atoms with Gasteiger partial charge in [0.2, 0.25) is 0 Å². The number of carbonyl (C=O) groups excluding carboxylic acids is 1. The zero-order valence-corrected chi connectivity index (χ0v) is 13.4. The van der Waals surface area contributed by atoms with Crippen LogP contribution in [0.15, 0.2) is 0 Å². The lowest BCUT2D eigenvalue weighted by Crippen LogP contribution is -2.38. The van der Waals surface area contributed by atoms with Crippen molar-refractivity contribution in [3.63, 3.8) is 0 Å². The van der Waals surface area contributed by atoms with Crippen molar-refractivity contribution >= 4 is 6.09 Å². The standard InChI is InChI=1S/C14H30N2O4/c1-11(17)9-16-12(10-19-5)7-6-8-15-13(18)20-14(2,3)4/h11-12,16-17H,6-10H2,1-5H3,(H,15,18).